The van der Waals surface area contributed by atoms with Crippen molar-refractivity contribution in [3.63, 3.8) is 0 Å². The van der Waals surface area contributed by atoms with Gasteiger partial charge in [-0.2, -0.15) is 5.10 Å². The van der Waals surface area contributed by atoms with Crippen LogP contribution in [0.4, 0.5) is 4.39 Å². The van der Waals surface area contributed by atoms with Gasteiger partial charge in [0.05, 0.1) is 23.0 Å². The van der Waals surface area contributed by atoms with E-state index in [4.69, 9.17) is 4.42 Å². The summed E-state index contributed by atoms with van der Waals surface area (Å²) in [5.41, 5.74) is 3.01. The molecular formula is C26H22FN5O3. The molecule has 4 heterocycles. The zero-order valence-corrected chi connectivity index (χ0v) is 18.7. The number of carbonyl (C=O) groups excluding carboxylic acids is 1. The fourth-order valence-corrected chi connectivity index (χ4v) is 4.78. The highest BCUT2D eigenvalue weighted by atomic mass is 19.1. The molecule has 0 bridgehead atoms. The Hall–Kier alpha value is -4.40. The zero-order chi connectivity index (χ0) is 23.9. The number of nitrogens with zero attached hydrogens (tertiary/aromatic N) is 4. The zero-order valence-electron chi connectivity index (χ0n) is 18.7. The van der Waals surface area contributed by atoms with Crippen molar-refractivity contribution in [3.8, 4) is 17.1 Å². The first-order chi connectivity index (χ1) is 17.1. The van der Waals surface area contributed by atoms with E-state index < -0.39 is 0 Å². The van der Waals surface area contributed by atoms with Crippen LogP contribution in [-0.4, -0.2) is 43.2 Å². The van der Waals surface area contributed by atoms with Crippen molar-refractivity contribution in [2.75, 3.05) is 13.1 Å². The van der Waals surface area contributed by atoms with Crippen LogP contribution in [0.5, 0.6) is 0 Å². The highest BCUT2D eigenvalue weighted by molar-refractivity contribution is 5.94. The van der Waals surface area contributed by atoms with Crippen molar-refractivity contribution in [1.82, 2.24) is 24.2 Å². The number of nitrogens with one attached hydrogen (secondary N) is 1. The van der Waals surface area contributed by atoms with E-state index >= 15 is 0 Å². The largest absolute Gasteiger partial charge is 0.463 e. The molecule has 1 fully saturated rings. The Labute approximate surface area is 199 Å². The van der Waals surface area contributed by atoms with Crippen molar-refractivity contribution in [2.24, 2.45) is 0 Å². The third kappa shape index (κ3) is 3.74. The van der Waals surface area contributed by atoms with Gasteiger partial charge >= 0.3 is 5.69 Å². The van der Waals surface area contributed by atoms with Gasteiger partial charge in [0, 0.05) is 25.2 Å². The molecule has 1 amide bonds. The second kappa shape index (κ2) is 8.43. The number of fused-ring (bicyclic) bond motifs is 1. The first kappa shape index (κ1) is 21.2. The van der Waals surface area contributed by atoms with Gasteiger partial charge in [0.1, 0.15) is 17.2 Å². The van der Waals surface area contributed by atoms with Gasteiger partial charge in [-0.15, -0.1) is 0 Å². The fraction of sp³-hybridized carbons (Fsp3) is 0.192. The van der Waals surface area contributed by atoms with E-state index in [1.807, 2.05) is 24.3 Å². The second-order valence-corrected chi connectivity index (χ2v) is 8.62. The Bertz CT molecular complexity index is 1550. The summed E-state index contributed by atoms with van der Waals surface area (Å²) in [5.74, 6) is -0.00341. The number of amides is 1. The third-order valence-corrected chi connectivity index (χ3v) is 6.51. The van der Waals surface area contributed by atoms with Crippen LogP contribution in [0, 0.1) is 5.82 Å². The predicted octanol–water partition coefficient (Wildman–Crippen LogP) is 4.39. The molecule has 35 heavy (non-hydrogen) atoms. The minimum absolute atomic E-state index is 0.00314. The van der Waals surface area contributed by atoms with E-state index in [2.05, 4.69) is 10.1 Å². The van der Waals surface area contributed by atoms with Crippen LogP contribution in [0.25, 0.3) is 28.2 Å². The number of hydrogen-bond acceptors (Lipinski definition) is 4. The van der Waals surface area contributed by atoms with Gasteiger partial charge in [-0.3, -0.25) is 9.36 Å². The molecule has 176 valence electrons. The molecule has 1 N–H and O–H groups in total. The number of halogens is 1. The number of hydrogen-bond donors (Lipinski definition) is 1. The van der Waals surface area contributed by atoms with Crippen LogP contribution in [0.1, 0.15) is 29.4 Å². The Kier molecular flexibility index (Phi) is 5.09. The molecule has 8 nitrogen and oxygen atoms in total. The number of likely N-dealkylation sites (tertiary alicyclic amines) is 1. The second-order valence-electron chi connectivity index (χ2n) is 8.62. The average Bonchev–Trinajstić information content (AvgIpc) is 3.62. The normalized spacial score (nSPS) is 14.6. The van der Waals surface area contributed by atoms with Gasteiger partial charge in [0.15, 0.2) is 5.76 Å². The Morgan fingerprint density at radius 3 is 2.54 bits per heavy atom. The van der Waals surface area contributed by atoms with Crippen LogP contribution in [-0.2, 0) is 0 Å². The monoisotopic (exact) mass is 471 g/mol. The fourth-order valence-electron chi connectivity index (χ4n) is 4.78. The Morgan fingerprint density at radius 2 is 1.80 bits per heavy atom. The molecule has 1 aliphatic rings. The van der Waals surface area contributed by atoms with Crippen LogP contribution in [0.15, 0.2) is 82.2 Å². The molecule has 1 aliphatic heterocycles. The number of H-pyrrole nitrogens is 1. The maximum atomic E-state index is 13.6. The molecule has 1 saturated heterocycles. The maximum Gasteiger partial charge on any atom is 0.326 e. The average molecular weight is 471 g/mol. The molecule has 6 rings (SSSR count). The minimum Gasteiger partial charge on any atom is -0.463 e. The lowest BCUT2D eigenvalue weighted by molar-refractivity contribution is 0.0685. The molecular weight excluding hydrogens is 449 g/mol. The quantitative estimate of drug-likeness (QED) is 0.421. The van der Waals surface area contributed by atoms with E-state index in [0.717, 1.165) is 11.0 Å². The Balaban J connectivity index is 1.28. The van der Waals surface area contributed by atoms with Gasteiger partial charge < -0.3 is 14.3 Å². The summed E-state index contributed by atoms with van der Waals surface area (Å²) in [4.78, 5) is 30.9. The molecule has 0 spiro atoms. The predicted molar refractivity (Wildman–Crippen MR) is 128 cm³/mol. The summed E-state index contributed by atoms with van der Waals surface area (Å²) in [6.07, 6.45) is 2.86. The van der Waals surface area contributed by atoms with Crippen LogP contribution in [0.3, 0.4) is 0 Å². The summed E-state index contributed by atoms with van der Waals surface area (Å²) in [6, 6.07) is 18.7. The van der Waals surface area contributed by atoms with Crippen molar-refractivity contribution < 1.29 is 13.6 Å². The molecule has 2 aromatic carbocycles. The molecule has 0 radical (unpaired) electrons. The van der Waals surface area contributed by atoms with Crippen LogP contribution in [0.2, 0.25) is 0 Å². The van der Waals surface area contributed by atoms with Gasteiger partial charge in [-0.1, -0.05) is 12.1 Å². The standard InChI is InChI=1S/C26H22FN5O3/c27-17-7-9-19(10-8-17)32-23(16-21(29-32)24-6-3-15-35-24)25(33)30-13-11-18(12-14-30)31-22-5-2-1-4-20(22)28-26(31)34/h1-10,15-16,18H,11-14H2,(H,28,34). The number of imidazole rings is 1. The number of aromatic amines is 1. The smallest absolute Gasteiger partial charge is 0.326 e. The minimum atomic E-state index is -0.366. The highest BCUT2D eigenvalue weighted by Gasteiger charge is 2.29. The summed E-state index contributed by atoms with van der Waals surface area (Å²) in [6.45, 7) is 1.00. The lowest BCUT2D eigenvalue weighted by atomic mass is 10.0. The SMILES string of the molecule is O=C(c1cc(-c2ccco2)nn1-c1ccc(F)cc1)N1CCC(n2c(=O)[nH]c3ccccc32)CC1. The lowest BCUT2D eigenvalue weighted by Gasteiger charge is -2.32. The molecule has 0 unspecified atom stereocenters. The number of piperidine rings is 1. The van der Waals surface area contributed by atoms with Crippen molar-refractivity contribution >= 4 is 16.9 Å². The number of para-hydroxylation sites is 2. The molecule has 5 aromatic rings. The van der Waals surface area contributed by atoms with Gasteiger partial charge in [-0.05, 0) is 61.4 Å². The Morgan fingerprint density at radius 1 is 1.03 bits per heavy atom. The van der Waals surface area contributed by atoms with Gasteiger partial charge in [-0.25, -0.2) is 13.9 Å². The van der Waals surface area contributed by atoms with E-state index in [-0.39, 0.29) is 23.5 Å². The molecule has 0 atom stereocenters. The van der Waals surface area contributed by atoms with Crippen LogP contribution < -0.4 is 5.69 Å². The first-order valence-electron chi connectivity index (χ1n) is 11.5. The van der Waals surface area contributed by atoms with E-state index in [0.29, 0.717) is 48.8 Å². The number of rotatable bonds is 4. The lowest BCUT2D eigenvalue weighted by Crippen LogP contribution is -2.41. The van der Waals surface area contributed by atoms with Crippen molar-refractivity contribution in [2.45, 2.75) is 18.9 Å². The molecule has 0 saturated carbocycles. The highest BCUT2D eigenvalue weighted by Crippen LogP contribution is 2.28. The first-order valence-corrected chi connectivity index (χ1v) is 11.5. The summed E-state index contributed by atoms with van der Waals surface area (Å²) >= 11 is 0. The summed E-state index contributed by atoms with van der Waals surface area (Å²) in [5, 5.41) is 4.57. The topological polar surface area (TPSA) is 89.1 Å². The maximum absolute atomic E-state index is 13.6. The molecule has 9 heteroatoms. The number of furan rings is 1. The number of aromatic nitrogens is 4. The number of benzene rings is 2. The summed E-state index contributed by atoms with van der Waals surface area (Å²) in [7, 11) is 0. The molecule has 0 aliphatic carbocycles. The van der Waals surface area contributed by atoms with Crippen molar-refractivity contribution in [3.05, 3.63) is 95.0 Å². The molecule has 3 aromatic heterocycles. The van der Waals surface area contributed by atoms with E-state index in [1.165, 1.54) is 16.8 Å². The summed E-state index contributed by atoms with van der Waals surface area (Å²) < 4.78 is 22.3. The van der Waals surface area contributed by atoms with Crippen molar-refractivity contribution in [1.29, 1.82) is 0 Å². The van der Waals surface area contributed by atoms with Gasteiger partial charge in [0.2, 0.25) is 0 Å². The van der Waals surface area contributed by atoms with E-state index in [1.54, 1.807) is 46.1 Å². The van der Waals surface area contributed by atoms with Crippen LogP contribution >= 0.6 is 0 Å². The van der Waals surface area contributed by atoms with E-state index in [9.17, 15) is 14.0 Å². The number of carbonyl (C=O) groups is 1. The van der Waals surface area contributed by atoms with Gasteiger partial charge in [0.25, 0.3) is 5.91 Å². The third-order valence-electron chi connectivity index (χ3n) is 6.51.